The van der Waals surface area contributed by atoms with Crippen LogP contribution in [0.5, 0.6) is 5.75 Å². The van der Waals surface area contributed by atoms with Gasteiger partial charge in [-0.3, -0.25) is 4.79 Å². The highest BCUT2D eigenvalue weighted by Gasteiger charge is 2.14. The van der Waals surface area contributed by atoms with Crippen molar-refractivity contribution in [3.63, 3.8) is 0 Å². The number of benzene rings is 2. The first kappa shape index (κ1) is 22.6. The predicted molar refractivity (Wildman–Crippen MR) is 130 cm³/mol. The minimum Gasteiger partial charge on any atom is -0.492 e. The molecule has 4 rings (SSSR count). The third-order valence-electron chi connectivity index (χ3n) is 5.65. The molecule has 1 amide bonds. The van der Waals surface area contributed by atoms with E-state index in [9.17, 15) is 4.79 Å². The summed E-state index contributed by atoms with van der Waals surface area (Å²) >= 11 is 0. The van der Waals surface area contributed by atoms with Gasteiger partial charge in [-0.2, -0.15) is 0 Å². The number of nitrogens with one attached hydrogen (secondary N) is 1. The van der Waals surface area contributed by atoms with Crippen LogP contribution in [0.3, 0.4) is 0 Å². The van der Waals surface area contributed by atoms with E-state index in [0.29, 0.717) is 25.5 Å². The molecule has 0 spiro atoms. The molecule has 6 nitrogen and oxygen atoms in total. The second-order valence-electron chi connectivity index (χ2n) is 9.13. The molecule has 0 aliphatic carbocycles. The molecule has 0 radical (unpaired) electrons. The SMILES string of the molecule is CC(C)(C)c1ccc(OCCn2c(CCCNC(=O)c3ccco3)nc3ccccc32)cc1. The molecular weight excluding hydrogens is 414 g/mol. The van der Waals surface area contributed by atoms with Gasteiger partial charge in [0.05, 0.1) is 23.8 Å². The number of para-hydroxylation sites is 2. The molecule has 0 fully saturated rings. The highest BCUT2D eigenvalue weighted by atomic mass is 16.5. The average Bonchev–Trinajstić information content (AvgIpc) is 3.45. The Kier molecular flexibility index (Phi) is 6.82. The van der Waals surface area contributed by atoms with Crippen molar-refractivity contribution >= 4 is 16.9 Å². The summed E-state index contributed by atoms with van der Waals surface area (Å²) in [6.45, 7) is 8.43. The highest BCUT2D eigenvalue weighted by Crippen LogP contribution is 2.24. The van der Waals surface area contributed by atoms with Crippen molar-refractivity contribution in [2.75, 3.05) is 13.2 Å². The second kappa shape index (κ2) is 9.94. The van der Waals surface area contributed by atoms with Crippen molar-refractivity contribution in [1.29, 1.82) is 0 Å². The van der Waals surface area contributed by atoms with Gasteiger partial charge in [0.25, 0.3) is 5.91 Å². The van der Waals surface area contributed by atoms with Crippen LogP contribution in [0.1, 0.15) is 49.1 Å². The van der Waals surface area contributed by atoms with Crippen molar-refractivity contribution in [1.82, 2.24) is 14.9 Å². The quantitative estimate of drug-likeness (QED) is 0.352. The molecular formula is C27H31N3O3. The number of hydrogen-bond acceptors (Lipinski definition) is 4. The summed E-state index contributed by atoms with van der Waals surface area (Å²) in [5.74, 6) is 2.00. The summed E-state index contributed by atoms with van der Waals surface area (Å²) in [4.78, 5) is 16.9. The highest BCUT2D eigenvalue weighted by molar-refractivity contribution is 5.91. The van der Waals surface area contributed by atoms with E-state index in [1.807, 2.05) is 30.3 Å². The van der Waals surface area contributed by atoms with Gasteiger partial charge in [-0.1, -0.05) is 45.0 Å². The molecule has 33 heavy (non-hydrogen) atoms. The van der Waals surface area contributed by atoms with Crippen LogP contribution < -0.4 is 10.1 Å². The molecule has 0 atom stereocenters. The number of amides is 1. The van der Waals surface area contributed by atoms with Crippen LogP contribution in [0.15, 0.2) is 71.3 Å². The number of aromatic nitrogens is 2. The van der Waals surface area contributed by atoms with Gasteiger partial charge in [0.2, 0.25) is 0 Å². The molecule has 2 heterocycles. The summed E-state index contributed by atoms with van der Waals surface area (Å²) in [6.07, 6.45) is 3.04. The molecule has 0 aliphatic rings. The van der Waals surface area contributed by atoms with E-state index in [2.05, 4.69) is 48.9 Å². The zero-order valence-corrected chi connectivity index (χ0v) is 19.5. The lowest BCUT2D eigenvalue weighted by molar-refractivity contribution is 0.0925. The number of nitrogens with zero attached hydrogens (tertiary/aromatic N) is 2. The van der Waals surface area contributed by atoms with Crippen LogP contribution in [-0.2, 0) is 18.4 Å². The zero-order chi connectivity index (χ0) is 23.3. The maximum Gasteiger partial charge on any atom is 0.286 e. The number of ether oxygens (including phenoxy) is 1. The van der Waals surface area contributed by atoms with Crippen molar-refractivity contribution < 1.29 is 13.9 Å². The fraction of sp³-hybridized carbons (Fsp3) is 0.333. The Balaban J connectivity index is 1.36. The van der Waals surface area contributed by atoms with Gasteiger partial charge in [-0.25, -0.2) is 4.98 Å². The number of carbonyl (C=O) groups excluding carboxylic acids is 1. The number of fused-ring (bicyclic) bond motifs is 1. The summed E-state index contributed by atoms with van der Waals surface area (Å²) in [6, 6.07) is 19.8. The monoisotopic (exact) mass is 445 g/mol. The molecule has 0 bridgehead atoms. The maximum atomic E-state index is 12.0. The lowest BCUT2D eigenvalue weighted by Crippen LogP contribution is -2.24. The number of imidazole rings is 1. The van der Waals surface area contributed by atoms with Crippen LogP contribution in [0.2, 0.25) is 0 Å². The third-order valence-corrected chi connectivity index (χ3v) is 5.65. The van der Waals surface area contributed by atoms with Crippen molar-refractivity contribution in [3.05, 3.63) is 84.1 Å². The second-order valence-corrected chi connectivity index (χ2v) is 9.13. The van der Waals surface area contributed by atoms with Gasteiger partial charge in [0, 0.05) is 13.0 Å². The van der Waals surface area contributed by atoms with Gasteiger partial charge in [0.15, 0.2) is 5.76 Å². The lowest BCUT2D eigenvalue weighted by Gasteiger charge is -2.19. The number of furan rings is 1. The van der Waals surface area contributed by atoms with E-state index in [-0.39, 0.29) is 11.3 Å². The minimum atomic E-state index is -0.195. The predicted octanol–water partition coefficient (Wildman–Crippen LogP) is 5.37. The normalized spacial score (nSPS) is 11.6. The first-order chi connectivity index (χ1) is 15.9. The molecule has 0 aliphatic heterocycles. The Morgan fingerprint density at radius 3 is 2.58 bits per heavy atom. The molecule has 1 N–H and O–H groups in total. The smallest absolute Gasteiger partial charge is 0.286 e. The van der Waals surface area contributed by atoms with E-state index < -0.39 is 0 Å². The number of hydrogen-bond donors (Lipinski definition) is 1. The van der Waals surface area contributed by atoms with Gasteiger partial charge in [0.1, 0.15) is 18.2 Å². The van der Waals surface area contributed by atoms with E-state index >= 15 is 0 Å². The van der Waals surface area contributed by atoms with Crippen molar-refractivity contribution in [3.8, 4) is 5.75 Å². The van der Waals surface area contributed by atoms with E-state index in [1.165, 1.54) is 11.8 Å². The Hall–Kier alpha value is -3.54. The maximum absolute atomic E-state index is 12.0. The summed E-state index contributed by atoms with van der Waals surface area (Å²) in [5, 5.41) is 2.89. The summed E-state index contributed by atoms with van der Waals surface area (Å²) in [7, 11) is 0. The van der Waals surface area contributed by atoms with E-state index in [4.69, 9.17) is 14.1 Å². The Bertz CT molecular complexity index is 1190. The molecule has 2 aromatic heterocycles. The van der Waals surface area contributed by atoms with Gasteiger partial charge in [-0.15, -0.1) is 0 Å². The molecule has 172 valence electrons. The molecule has 6 heteroatoms. The van der Waals surface area contributed by atoms with Crippen LogP contribution in [0.25, 0.3) is 11.0 Å². The van der Waals surface area contributed by atoms with E-state index in [1.54, 1.807) is 12.1 Å². The largest absolute Gasteiger partial charge is 0.492 e. The molecule has 0 saturated heterocycles. The van der Waals surface area contributed by atoms with Gasteiger partial charge < -0.3 is 19.0 Å². The van der Waals surface area contributed by atoms with Crippen molar-refractivity contribution in [2.24, 2.45) is 0 Å². The first-order valence-electron chi connectivity index (χ1n) is 11.4. The lowest BCUT2D eigenvalue weighted by atomic mass is 9.87. The number of carbonyl (C=O) groups is 1. The third kappa shape index (κ3) is 5.64. The number of aryl methyl sites for hydroxylation is 1. The average molecular weight is 446 g/mol. The van der Waals surface area contributed by atoms with Gasteiger partial charge in [-0.05, 0) is 53.8 Å². The molecule has 4 aromatic rings. The topological polar surface area (TPSA) is 69.3 Å². The summed E-state index contributed by atoms with van der Waals surface area (Å²) in [5.41, 5.74) is 3.48. The molecule has 2 aromatic carbocycles. The van der Waals surface area contributed by atoms with Crippen molar-refractivity contribution in [2.45, 2.75) is 45.6 Å². The molecule has 0 saturated carbocycles. The molecule has 0 unspecified atom stereocenters. The first-order valence-corrected chi connectivity index (χ1v) is 11.4. The van der Waals surface area contributed by atoms with Crippen LogP contribution >= 0.6 is 0 Å². The Morgan fingerprint density at radius 1 is 1.06 bits per heavy atom. The number of rotatable bonds is 9. The minimum absolute atomic E-state index is 0.126. The Morgan fingerprint density at radius 2 is 1.85 bits per heavy atom. The Labute approximate surface area is 194 Å². The fourth-order valence-electron chi connectivity index (χ4n) is 3.81. The van der Waals surface area contributed by atoms with Crippen LogP contribution in [-0.4, -0.2) is 28.6 Å². The van der Waals surface area contributed by atoms with Gasteiger partial charge >= 0.3 is 0 Å². The summed E-state index contributed by atoms with van der Waals surface area (Å²) < 4.78 is 13.4. The fourth-order valence-corrected chi connectivity index (χ4v) is 3.81. The van der Waals surface area contributed by atoms with E-state index in [0.717, 1.165) is 35.4 Å². The van der Waals surface area contributed by atoms with Crippen LogP contribution in [0, 0.1) is 0 Å². The standard InChI is InChI=1S/C27H31N3O3/c1-27(2,3)20-12-14-21(15-13-20)32-19-17-30-23-9-5-4-8-22(23)29-25(30)11-6-16-28-26(31)24-10-7-18-33-24/h4-5,7-10,12-15,18H,6,11,16-17,19H2,1-3H3,(H,28,31). The van der Waals surface area contributed by atoms with Crippen LogP contribution in [0.4, 0.5) is 0 Å². The zero-order valence-electron chi connectivity index (χ0n) is 19.5.